The molecule has 6 nitrogen and oxygen atoms in total. The van der Waals surface area contributed by atoms with E-state index in [0.717, 1.165) is 0 Å². The molecule has 124 valence electrons. The van der Waals surface area contributed by atoms with Gasteiger partial charge in [0.1, 0.15) is 28.2 Å². The second kappa shape index (κ2) is 5.49. The number of phenolic OH excluding ortho intramolecular Hbond substituents is 2. The number of aryl methyl sites for hydroxylation is 1. The lowest BCUT2D eigenvalue weighted by molar-refractivity contribution is 0.398. The number of hydrogen-bond acceptors (Lipinski definition) is 6. The number of aromatic hydroxyl groups is 3. The van der Waals surface area contributed by atoms with Crippen molar-refractivity contribution in [3.05, 3.63) is 45.6 Å². The van der Waals surface area contributed by atoms with E-state index >= 15 is 0 Å². The van der Waals surface area contributed by atoms with Gasteiger partial charge in [0.25, 0.3) is 0 Å². The molecular formula is C18H16O6. The van der Waals surface area contributed by atoms with Crippen LogP contribution in [0.25, 0.3) is 22.3 Å². The molecule has 2 aromatic carbocycles. The van der Waals surface area contributed by atoms with Crippen LogP contribution in [0.5, 0.6) is 23.0 Å². The van der Waals surface area contributed by atoms with Gasteiger partial charge in [0.2, 0.25) is 11.2 Å². The Labute approximate surface area is 137 Å². The third kappa shape index (κ3) is 2.15. The van der Waals surface area contributed by atoms with Crippen molar-refractivity contribution in [2.24, 2.45) is 0 Å². The maximum Gasteiger partial charge on any atom is 0.238 e. The fraction of sp³-hybridized carbons (Fsp3) is 0.167. The van der Waals surface area contributed by atoms with E-state index in [1.165, 1.54) is 31.4 Å². The number of ether oxygens (including phenoxy) is 1. The lowest BCUT2D eigenvalue weighted by Gasteiger charge is -2.14. The Morgan fingerprint density at radius 2 is 1.58 bits per heavy atom. The normalized spacial score (nSPS) is 11.0. The van der Waals surface area contributed by atoms with Gasteiger partial charge in [-0.1, -0.05) is 0 Å². The first kappa shape index (κ1) is 15.7. The van der Waals surface area contributed by atoms with Gasteiger partial charge >= 0.3 is 0 Å². The molecule has 6 heteroatoms. The highest BCUT2D eigenvalue weighted by Gasteiger charge is 2.23. The molecule has 0 aliphatic heterocycles. The van der Waals surface area contributed by atoms with Gasteiger partial charge in [-0.25, -0.2) is 0 Å². The zero-order valence-electron chi connectivity index (χ0n) is 13.4. The molecule has 0 saturated carbocycles. The second-order valence-electron chi connectivity index (χ2n) is 5.49. The highest BCUT2D eigenvalue weighted by molar-refractivity contribution is 5.92. The minimum Gasteiger partial charge on any atom is -0.508 e. The van der Waals surface area contributed by atoms with Crippen LogP contribution < -0.4 is 10.2 Å². The number of rotatable bonds is 2. The van der Waals surface area contributed by atoms with Crippen LogP contribution in [0.1, 0.15) is 11.1 Å². The molecule has 24 heavy (non-hydrogen) atoms. The average Bonchev–Trinajstić information content (AvgIpc) is 2.56. The van der Waals surface area contributed by atoms with E-state index < -0.39 is 11.2 Å². The van der Waals surface area contributed by atoms with Crippen molar-refractivity contribution in [2.45, 2.75) is 13.8 Å². The number of phenols is 2. The Bertz CT molecular complexity index is 999. The second-order valence-corrected chi connectivity index (χ2v) is 5.49. The van der Waals surface area contributed by atoms with E-state index in [9.17, 15) is 20.1 Å². The van der Waals surface area contributed by atoms with E-state index in [0.29, 0.717) is 22.4 Å². The van der Waals surface area contributed by atoms with Crippen molar-refractivity contribution in [3.8, 4) is 34.3 Å². The van der Waals surface area contributed by atoms with Crippen molar-refractivity contribution in [2.75, 3.05) is 7.11 Å². The molecule has 0 fully saturated rings. The third-order valence-electron chi connectivity index (χ3n) is 4.04. The first-order chi connectivity index (χ1) is 11.4. The maximum absolute atomic E-state index is 12.6. The minimum atomic E-state index is -0.731. The Hall–Kier alpha value is -3.15. The van der Waals surface area contributed by atoms with Crippen LogP contribution in [0, 0.1) is 13.8 Å². The summed E-state index contributed by atoms with van der Waals surface area (Å²) in [7, 11) is 1.46. The molecule has 3 N–H and O–H groups in total. The number of methoxy groups -OCH3 is 1. The van der Waals surface area contributed by atoms with Gasteiger partial charge < -0.3 is 24.5 Å². The van der Waals surface area contributed by atoms with Crippen LogP contribution in [-0.2, 0) is 0 Å². The van der Waals surface area contributed by atoms with Crippen LogP contribution in [-0.4, -0.2) is 22.4 Å². The summed E-state index contributed by atoms with van der Waals surface area (Å²) >= 11 is 0. The van der Waals surface area contributed by atoms with Gasteiger partial charge in [-0.15, -0.1) is 0 Å². The first-order valence-electron chi connectivity index (χ1n) is 7.22. The van der Waals surface area contributed by atoms with Gasteiger partial charge in [0.15, 0.2) is 5.76 Å². The van der Waals surface area contributed by atoms with E-state index in [1.807, 2.05) is 0 Å². The Morgan fingerprint density at radius 3 is 2.17 bits per heavy atom. The quantitative estimate of drug-likeness (QED) is 0.668. The fourth-order valence-corrected chi connectivity index (χ4v) is 2.80. The van der Waals surface area contributed by atoms with Crippen LogP contribution >= 0.6 is 0 Å². The van der Waals surface area contributed by atoms with Gasteiger partial charge in [-0.05, 0) is 38.1 Å². The summed E-state index contributed by atoms with van der Waals surface area (Å²) in [4.78, 5) is 12.6. The Kier molecular flexibility index (Phi) is 3.60. The summed E-state index contributed by atoms with van der Waals surface area (Å²) in [6.07, 6.45) is 0. The predicted octanol–water partition coefficient (Wildman–Crippen LogP) is 3.20. The van der Waals surface area contributed by atoms with Crippen molar-refractivity contribution in [1.29, 1.82) is 0 Å². The lowest BCUT2D eigenvalue weighted by atomic mass is 10.0. The molecule has 1 heterocycles. The number of benzene rings is 2. The molecular weight excluding hydrogens is 312 g/mol. The SMILES string of the molecule is COc1c(C)c(O)c2c(=O)c(O)c(-c3ccc(O)cc3)oc2c1C. The van der Waals surface area contributed by atoms with Crippen LogP contribution in [0.2, 0.25) is 0 Å². The van der Waals surface area contributed by atoms with Crippen molar-refractivity contribution in [1.82, 2.24) is 0 Å². The largest absolute Gasteiger partial charge is 0.508 e. The van der Waals surface area contributed by atoms with E-state index in [4.69, 9.17) is 9.15 Å². The number of fused-ring (bicyclic) bond motifs is 1. The molecule has 0 unspecified atom stereocenters. The summed E-state index contributed by atoms with van der Waals surface area (Å²) in [5, 5.41) is 29.8. The summed E-state index contributed by atoms with van der Waals surface area (Å²) < 4.78 is 11.0. The molecule has 0 aliphatic carbocycles. The third-order valence-corrected chi connectivity index (χ3v) is 4.04. The lowest BCUT2D eigenvalue weighted by Crippen LogP contribution is -2.06. The van der Waals surface area contributed by atoms with Crippen molar-refractivity contribution in [3.63, 3.8) is 0 Å². The van der Waals surface area contributed by atoms with Crippen molar-refractivity contribution < 1.29 is 24.5 Å². The smallest absolute Gasteiger partial charge is 0.238 e. The van der Waals surface area contributed by atoms with Crippen LogP contribution in [0.3, 0.4) is 0 Å². The molecule has 3 aromatic rings. The Morgan fingerprint density at radius 1 is 0.958 bits per heavy atom. The molecule has 0 atom stereocenters. The molecule has 0 spiro atoms. The molecule has 0 amide bonds. The zero-order chi connectivity index (χ0) is 17.6. The topological polar surface area (TPSA) is 100 Å². The van der Waals surface area contributed by atoms with Crippen LogP contribution in [0.4, 0.5) is 0 Å². The predicted molar refractivity (Wildman–Crippen MR) is 88.9 cm³/mol. The van der Waals surface area contributed by atoms with Crippen molar-refractivity contribution >= 4 is 11.0 Å². The molecule has 0 bridgehead atoms. The van der Waals surface area contributed by atoms with Gasteiger partial charge in [0.05, 0.1) is 7.11 Å². The van der Waals surface area contributed by atoms with E-state index in [-0.39, 0.29) is 28.2 Å². The summed E-state index contributed by atoms with van der Waals surface area (Å²) in [5.41, 5.74) is 0.765. The van der Waals surface area contributed by atoms with E-state index in [1.54, 1.807) is 13.8 Å². The van der Waals surface area contributed by atoms with Gasteiger partial charge in [-0.3, -0.25) is 4.79 Å². The standard InChI is InChI=1S/C18H16O6/c1-8-13(20)12-14(21)15(22)18(10-4-6-11(19)7-5-10)24-17(12)9(2)16(8)23-3/h4-7,19-20,22H,1-3H3. The molecule has 0 radical (unpaired) electrons. The average molecular weight is 328 g/mol. The molecule has 3 rings (SSSR count). The highest BCUT2D eigenvalue weighted by Crippen LogP contribution is 2.41. The number of hydrogen-bond donors (Lipinski definition) is 3. The minimum absolute atomic E-state index is 0.0408. The first-order valence-corrected chi connectivity index (χ1v) is 7.22. The summed E-state index contributed by atoms with van der Waals surface area (Å²) in [6, 6.07) is 5.86. The summed E-state index contributed by atoms with van der Waals surface area (Å²) in [6.45, 7) is 3.32. The molecule has 0 saturated heterocycles. The van der Waals surface area contributed by atoms with Gasteiger partial charge in [-0.2, -0.15) is 0 Å². The monoisotopic (exact) mass is 328 g/mol. The highest BCUT2D eigenvalue weighted by atomic mass is 16.5. The summed E-state index contributed by atoms with van der Waals surface area (Å²) in [5.74, 6) is -0.472. The molecule has 1 aromatic heterocycles. The maximum atomic E-state index is 12.6. The Balaban J connectivity index is 2.45. The van der Waals surface area contributed by atoms with E-state index in [2.05, 4.69) is 0 Å². The van der Waals surface area contributed by atoms with Gasteiger partial charge in [0, 0.05) is 16.7 Å². The van der Waals surface area contributed by atoms with Crippen LogP contribution in [0.15, 0.2) is 33.5 Å². The molecule has 0 aliphatic rings. The zero-order valence-corrected chi connectivity index (χ0v) is 13.4. The fourth-order valence-electron chi connectivity index (χ4n) is 2.80.